The molecule has 1 aromatic rings. The Bertz CT molecular complexity index is 415. The fourth-order valence-corrected chi connectivity index (χ4v) is 2.03. The number of carbonyl (C=O) groups is 1. The van der Waals surface area contributed by atoms with Crippen molar-refractivity contribution in [2.45, 2.75) is 6.92 Å². The summed E-state index contributed by atoms with van der Waals surface area (Å²) in [6, 6.07) is 1.66. The Morgan fingerprint density at radius 2 is 1.75 bits per heavy atom. The number of rotatable bonds is 3. The lowest BCUT2D eigenvalue weighted by Gasteiger charge is -2.14. The van der Waals surface area contributed by atoms with Crippen LogP contribution in [0.3, 0.4) is 0 Å². The van der Waals surface area contributed by atoms with E-state index in [1.54, 1.807) is 20.1 Å². The third-order valence-corrected chi connectivity index (χ3v) is 2.84. The monoisotopic (exact) mass is 288 g/mol. The van der Waals surface area contributed by atoms with Crippen molar-refractivity contribution >= 4 is 21.9 Å². The molecule has 0 heterocycles. The van der Waals surface area contributed by atoms with E-state index < -0.39 is 5.97 Å². The number of hydrogen-bond acceptors (Lipinski definition) is 4. The normalized spacial score (nSPS) is 9.81. The summed E-state index contributed by atoms with van der Waals surface area (Å²) in [5.41, 5.74) is 1.14. The van der Waals surface area contributed by atoms with Crippen molar-refractivity contribution in [2.75, 3.05) is 21.3 Å². The predicted octanol–water partition coefficient (Wildman–Crippen LogP) is 2.56. The molecule has 0 unspecified atom stereocenters. The highest BCUT2D eigenvalue weighted by atomic mass is 79.9. The van der Waals surface area contributed by atoms with E-state index in [-0.39, 0.29) is 0 Å². The predicted molar refractivity (Wildman–Crippen MR) is 63.3 cm³/mol. The van der Waals surface area contributed by atoms with Crippen molar-refractivity contribution < 1.29 is 19.0 Å². The first-order chi connectivity index (χ1) is 7.56. The van der Waals surface area contributed by atoms with E-state index in [4.69, 9.17) is 9.47 Å². The Hall–Kier alpha value is -1.23. The quantitative estimate of drug-likeness (QED) is 0.802. The second kappa shape index (κ2) is 5.21. The van der Waals surface area contributed by atoms with Crippen molar-refractivity contribution in [3.8, 4) is 11.5 Å². The van der Waals surface area contributed by atoms with Crippen LogP contribution in [0.4, 0.5) is 0 Å². The van der Waals surface area contributed by atoms with Gasteiger partial charge >= 0.3 is 5.97 Å². The molecule has 0 saturated heterocycles. The molecule has 0 bridgehead atoms. The number of esters is 1. The number of hydrogen-bond donors (Lipinski definition) is 0. The van der Waals surface area contributed by atoms with E-state index >= 15 is 0 Å². The fraction of sp³-hybridized carbons (Fsp3) is 0.364. The number of carbonyl (C=O) groups excluding carboxylic acids is 1. The van der Waals surface area contributed by atoms with Crippen molar-refractivity contribution in [3.05, 3.63) is 21.7 Å². The van der Waals surface area contributed by atoms with Gasteiger partial charge in [0, 0.05) is 5.56 Å². The minimum absolute atomic E-state index is 0.404. The molecule has 5 heteroatoms. The summed E-state index contributed by atoms with van der Waals surface area (Å²) in [5.74, 6) is 0.684. The minimum Gasteiger partial charge on any atom is -0.493 e. The topological polar surface area (TPSA) is 44.8 Å². The molecule has 4 nitrogen and oxygen atoms in total. The average Bonchev–Trinajstić information content (AvgIpc) is 2.29. The third kappa shape index (κ3) is 2.14. The number of ether oxygens (including phenoxy) is 3. The summed E-state index contributed by atoms with van der Waals surface area (Å²) >= 11 is 3.32. The first-order valence-corrected chi connectivity index (χ1v) is 5.35. The van der Waals surface area contributed by atoms with Crippen LogP contribution >= 0.6 is 15.9 Å². The molecular formula is C11H13BrO4. The molecule has 0 aliphatic heterocycles. The van der Waals surface area contributed by atoms with Gasteiger partial charge in [0.25, 0.3) is 0 Å². The molecule has 0 amide bonds. The van der Waals surface area contributed by atoms with Gasteiger partial charge in [-0.1, -0.05) is 0 Å². The Kier molecular flexibility index (Phi) is 4.18. The van der Waals surface area contributed by atoms with Gasteiger partial charge in [0.2, 0.25) is 0 Å². The zero-order chi connectivity index (χ0) is 12.3. The van der Waals surface area contributed by atoms with Gasteiger partial charge in [-0.05, 0) is 28.9 Å². The van der Waals surface area contributed by atoms with Crippen molar-refractivity contribution in [3.63, 3.8) is 0 Å². The molecule has 88 valence electrons. The summed E-state index contributed by atoms with van der Waals surface area (Å²) < 4.78 is 15.8. The lowest BCUT2D eigenvalue weighted by atomic mass is 10.1. The molecule has 0 N–H and O–H groups in total. The summed E-state index contributed by atoms with van der Waals surface area (Å²) in [5, 5.41) is 0. The summed E-state index contributed by atoms with van der Waals surface area (Å²) in [6.07, 6.45) is 0. The van der Waals surface area contributed by atoms with Gasteiger partial charge in [-0.25, -0.2) is 4.79 Å². The SMILES string of the molecule is COC(=O)c1cc(Br)c(OC)c(OC)c1C. The standard InChI is InChI=1S/C11H13BrO4/c1-6-7(11(13)16-4)5-8(12)10(15-3)9(6)14-2/h5H,1-4H3. The van der Waals surface area contributed by atoms with Gasteiger partial charge in [0.05, 0.1) is 31.4 Å². The van der Waals surface area contributed by atoms with Crippen LogP contribution in [0.15, 0.2) is 10.5 Å². The van der Waals surface area contributed by atoms with Gasteiger partial charge in [0.15, 0.2) is 11.5 Å². The Morgan fingerprint density at radius 3 is 2.19 bits per heavy atom. The molecule has 0 radical (unpaired) electrons. The van der Waals surface area contributed by atoms with E-state index in [1.165, 1.54) is 14.2 Å². The van der Waals surface area contributed by atoms with Gasteiger partial charge in [-0.3, -0.25) is 0 Å². The van der Waals surface area contributed by atoms with Crippen LogP contribution in [0.1, 0.15) is 15.9 Å². The van der Waals surface area contributed by atoms with Gasteiger partial charge in [0.1, 0.15) is 0 Å². The number of benzene rings is 1. The van der Waals surface area contributed by atoms with E-state index in [1.807, 2.05) is 0 Å². The summed E-state index contributed by atoms with van der Waals surface area (Å²) in [4.78, 5) is 11.5. The molecule has 0 saturated carbocycles. The molecule has 0 fully saturated rings. The molecular weight excluding hydrogens is 276 g/mol. The maximum Gasteiger partial charge on any atom is 0.338 e. The van der Waals surface area contributed by atoms with Crippen molar-refractivity contribution in [1.29, 1.82) is 0 Å². The Morgan fingerprint density at radius 1 is 1.19 bits per heavy atom. The van der Waals surface area contributed by atoms with Crippen molar-refractivity contribution in [1.82, 2.24) is 0 Å². The maximum atomic E-state index is 11.5. The van der Waals surface area contributed by atoms with Crippen molar-refractivity contribution in [2.24, 2.45) is 0 Å². The fourth-order valence-electron chi connectivity index (χ4n) is 1.46. The molecule has 1 aromatic carbocycles. The van der Waals surface area contributed by atoms with Crippen LogP contribution in [0.5, 0.6) is 11.5 Å². The molecule has 0 aromatic heterocycles. The first kappa shape index (κ1) is 12.8. The Labute approximate surface area is 103 Å². The largest absolute Gasteiger partial charge is 0.493 e. The van der Waals surface area contributed by atoms with Gasteiger partial charge in [-0.2, -0.15) is 0 Å². The Balaban J connectivity index is 3.45. The highest BCUT2D eigenvalue weighted by molar-refractivity contribution is 9.10. The van der Waals surface area contributed by atoms with E-state index in [2.05, 4.69) is 20.7 Å². The highest BCUT2D eigenvalue weighted by Crippen LogP contribution is 2.39. The second-order valence-electron chi connectivity index (χ2n) is 3.09. The van der Waals surface area contributed by atoms with Crippen LogP contribution in [-0.4, -0.2) is 27.3 Å². The molecule has 0 aliphatic rings. The van der Waals surface area contributed by atoms with Crippen LogP contribution in [0.2, 0.25) is 0 Å². The zero-order valence-electron chi connectivity index (χ0n) is 9.59. The molecule has 0 atom stereocenters. The van der Waals surface area contributed by atoms with Crippen LogP contribution in [0.25, 0.3) is 0 Å². The van der Waals surface area contributed by atoms with Crippen LogP contribution in [-0.2, 0) is 4.74 Å². The lowest BCUT2D eigenvalue weighted by Crippen LogP contribution is -2.06. The molecule has 0 aliphatic carbocycles. The average molecular weight is 289 g/mol. The maximum absolute atomic E-state index is 11.5. The van der Waals surface area contributed by atoms with E-state index in [0.717, 1.165) is 0 Å². The molecule has 1 rings (SSSR count). The smallest absolute Gasteiger partial charge is 0.338 e. The zero-order valence-corrected chi connectivity index (χ0v) is 11.2. The van der Waals surface area contributed by atoms with E-state index in [0.29, 0.717) is 27.1 Å². The first-order valence-electron chi connectivity index (χ1n) is 4.56. The van der Waals surface area contributed by atoms with Crippen LogP contribution < -0.4 is 9.47 Å². The van der Waals surface area contributed by atoms with Gasteiger partial charge in [-0.15, -0.1) is 0 Å². The molecule has 16 heavy (non-hydrogen) atoms. The second-order valence-corrected chi connectivity index (χ2v) is 3.94. The third-order valence-electron chi connectivity index (χ3n) is 2.25. The highest BCUT2D eigenvalue weighted by Gasteiger charge is 2.19. The summed E-state index contributed by atoms with van der Waals surface area (Å²) in [7, 11) is 4.41. The van der Waals surface area contributed by atoms with Gasteiger partial charge < -0.3 is 14.2 Å². The van der Waals surface area contributed by atoms with E-state index in [9.17, 15) is 4.79 Å². The van der Waals surface area contributed by atoms with Crippen LogP contribution in [0, 0.1) is 6.92 Å². The summed E-state index contributed by atoms with van der Waals surface area (Å²) in [6.45, 7) is 1.78. The number of halogens is 1. The number of methoxy groups -OCH3 is 3. The molecule has 0 spiro atoms. The lowest BCUT2D eigenvalue weighted by molar-refractivity contribution is 0.0599. The minimum atomic E-state index is -0.404.